The highest BCUT2D eigenvalue weighted by Gasteiger charge is 2.25. The smallest absolute Gasteiger partial charge is 0.161 e. The van der Waals surface area contributed by atoms with Crippen molar-refractivity contribution in [2.45, 2.75) is 13.5 Å². The average Bonchev–Trinajstić information content (AvgIpc) is 2.55. The minimum Gasteiger partial charge on any atom is -0.361 e. The lowest BCUT2D eigenvalue weighted by molar-refractivity contribution is -0.910. The van der Waals surface area contributed by atoms with Gasteiger partial charge in [-0.05, 0) is 6.92 Å². The van der Waals surface area contributed by atoms with E-state index in [1.807, 2.05) is 13.0 Å². The zero-order valence-electron chi connectivity index (χ0n) is 8.69. The van der Waals surface area contributed by atoms with E-state index in [1.54, 1.807) is 0 Å². The van der Waals surface area contributed by atoms with Gasteiger partial charge in [-0.25, -0.2) is 8.42 Å². The molecule has 0 saturated carbocycles. The lowest BCUT2D eigenvalue weighted by Gasteiger charge is -2.22. The minimum atomic E-state index is -2.77. The summed E-state index contributed by atoms with van der Waals surface area (Å²) < 4.78 is 27.4. The molecule has 0 radical (unpaired) electrons. The molecule has 84 valence electrons. The predicted molar refractivity (Wildman–Crippen MR) is 54.3 cm³/mol. The van der Waals surface area contributed by atoms with Crippen LogP contribution < -0.4 is 4.90 Å². The summed E-state index contributed by atoms with van der Waals surface area (Å²) in [5.74, 6) is 1.38. The molecule has 0 amide bonds. The SMILES string of the molecule is Cc1cc(C[NH+]2CCS(=O)(=O)CC2)no1. The largest absolute Gasteiger partial charge is 0.361 e. The van der Waals surface area contributed by atoms with Crippen molar-refractivity contribution in [3.63, 3.8) is 0 Å². The summed E-state index contributed by atoms with van der Waals surface area (Å²) in [6.07, 6.45) is 0. The summed E-state index contributed by atoms with van der Waals surface area (Å²) in [5.41, 5.74) is 0.904. The molecule has 0 bridgehead atoms. The summed E-state index contributed by atoms with van der Waals surface area (Å²) in [6, 6.07) is 1.90. The maximum atomic E-state index is 11.2. The van der Waals surface area contributed by atoms with Gasteiger partial charge in [-0.15, -0.1) is 0 Å². The van der Waals surface area contributed by atoms with Gasteiger partial charge in [0.1, 0.15) is 18.0 Å². The number of hydrogen-bond acceptors (Lipinski definition) is 4. The lowest BCUT2D eigenvalue weighted by Crippen LogP contribution is -3.13. The molecule has 0 aromatic carbocycles. The Morgan fingerprint density at radius 1 is 1.47 bits per heavy atom. The van der Waals surface area contributed by atoms with E-state index in [0.717, 1.165) is 18.0 Å². The summed E-state index contributed by atoms with van der Waals surface area (Å²) in [5, 5.41) is 3.90. The quantitative estimate of drug-likeness (QED) is 0.694. The van der Waals surface area contributed by atoms with Gasteiger partial charge in [0.2, 0.25) is 0 Å². The van der Waals surface area contributed by atoms with E-state index in [1.165, 1.54) is 4.90 Å². The van der Waals surface area contributed by atoms with Crippen molar-refractivity contribution >= 4 is 9.84 Å². The summed E-state index contributed by atoms with van der Waals surface area (Å²) in [7, 11) is -2.77. The third-order valence-electron chi connectivity index (χ3n) is 2.64. The van der Waals surface area contributed by atoms with Crippen molar-refractivity contribution in [1.82, 2.24) is 5.16 Å². The molecule has 1 aromatic heterocycles. The molecule has 1 aliphatic heterocycles. The molecule has 0 aliphatic carbocycles. The van der Waals surface area contributed by atoms with Crippen LogP contribution in [0.3, 0.4) is 0 Å². The summed E-state index contributed by atoms with van der Waals surface area (Å²) >= 11 is 0. The normalized spacial score (nSPS) is 21.7. The number of hydrogen-bond donors (Lipinski definition) is 1. The van der Waals surface area contributed by atoms with E-state index < -0.39 is 9.84 Å². The van der Waals surface area contributed by atoms with E-state index in [4.69, 9.17) is 4.52 Å². The molecular formula is C9H15N2O3S+. The Hall–Kier alpha value is -0.880. The number of aromatic nitrogens is 1. The molecule has 2 rings (SSSR count). The van der Waals surface area contributed by atoms with Gasteiger partial charge in [0.25, 0.3) is 0 Å². The Morgan fingerprint density at radius 2 is 2.13 bits per heavy atom. The van der Waals surface area contributed by atoms with Gasteiger partial charge in [0, 0.05) is 6.07 Å². The molecule has 0 unspecified atom stereocenters. The maximum absolute atomic E-state index is 11.2. The maximum Gasteiger partial charge on any atom is 0.161 e. The Bertz CT molecular complexity index is 424. The number of quaternary nitrogens is 1. The molecule has 1 saturated heterocycles. The van der Waals surface area contributed by atoms with Crippen molar-refractivity contribution < 1.29 is 17.8 Å². The fourth-order valence-corrected chi connectivity index (χ4v) is 3.16. The molecular weight excluding hydrogens is 216 g/mol. The Labute approximate surface area is 89.0 Å². The topological polar surface area (TPSA) is 64.6 Å². The number of nitrogens with one attached hydrogen (secondary N) is 1. The van der Waals surface area contributed by atoms with Gasteiger partial charge in [-0.3, -0.25) is 0 Å². The van der Waals surface area contributed by atoms with E-state index in [9.17, 15) is 8.42 Å². The second kappa shape index (κ2) is 3.94. The second-order valence-corrected chi connectivity index (χ2v) is 6.31. The van der Waals surface area contributed by atoms with Crippen LogP contribution in [0.15, 0.2) is 10.6 Å². The molecule has 1 aromatic rings. The van der Waals surface area contributed by atoms with Crippen LogP contribution in [0, 0.1) is 6.92 Å². The third-order valence-corrected chi connectivity index (χ3v) is 4.29. The second-order valence-electron chi connectivity index (χ2n) is 4.01. The van der Waals surface area contributed by atoms with Gasteiger partial charge in [0.15, 0.2) is 9.84 Å². The van der Waals surface area contributed by atoms with E-state index in [0.29, 0.717) is 24.6 Å². The van der Waals surface area contributed by atoms with Crippen LogP contribution >= 0.6 is 0 Å². The third kappa shape index (κ3) is 2.79. The molecule has 5 nitrogen and oxygen atoms in total. The molecule has 1 fully saturated rings. The van der Waals surface area contributed by atoms with Crippen molar-refractivity contribution in [2.75, 3.05) is 24.6 Å². The zero-order valence-corrected chi connectivity index (χ0v) is 9.51. The molecule has 1 aliphatic rings. The first-order chi connectivity index (χ1) is 7.05. The van der Waals surface area contributed by atoms with Crippen molar-refractivity contribution in [3.8, 4) is 0 Å². The fraction of sp³-hybridized carbons (Fsp3) is 0.667. The highest BCUT2D eigenvalue weighted by Crippen LogP contribution is 2.00. The van der Waals surface area contributed by atoms with Gasteiger partial charge < -0.3 is 9.42 Å². The monoisotopic (exact) mass is 231 g/mol. The number of rotatable bonds is 2. The van der Waals surface area contributed by atoms with Crippen LogP contribution in [0.5, 0.6) is 0 Å². The first-order valence-electron chi connectivity index (χ1n) is 5.01. The first-order valence-corrected chi connectivity index (χ1v) is 6.83. The molecule has 6 heteroatoms. The van der Waals surface area contributed by atoms with Crippen LogP contribution in [0.25, 0.3) is 0 Å². The number of aryl methyl sites for hydroxylation is 1. The van der Waals surface area contributed by atoms with Crippen molar-refractivity contribution in [1.29, 1.82) is 0 Å². The van der Waals surface area contributed by atoms with Gasteiger partial charge >= 0.3 is 0 Å². The van der Waals surface area contributed by atoms with E-state index in [-0.39, 0.29) is 0 Å². The van der Waals surface area contributed by atoms with Crippen LogP contribution in [0.4, 0.5) is 0 Å². The van der Waals surface area contributed by atoms with Crippen molar-refractivity contribution in [2.24, 2.45) is 0 Å². The van der Waals surface area contributed by atoms with Crippen molar-refractivity contribution in [3.05, 3.63) is 17.5 Å². The lowest BCUT2D eigenvalue weighted by atomic mass is 10.3. The first kappa shape index (κ1) is 10.6. The average molecular weight is 231 g/mol. The molecule has 2 heterocycles. The molecule has 0 atom stereocenters. The molecule has 0 spiro atoms. The zero-order chi connectivity index (χ0) is 10.9. The predicted octanol–water partition coefficient (Wildman–Crippen LogP) is -1.20. The summed E-state index contributed by atoms with van der Waals surface area (Å²) in [4.78, 5) is 1.26. The Kier molecular flexibility index (Phi) is 2.79. The van der Waals surface area contributed by atoms with E-state index >= 15 is 0 Å². The Morgan fingerprint density at radius 3 is 2.67 bits per heavy atom. The number of nitrogens with zero attached hydrogens (tertiary/aromatic N) is 1. The molecule has 15 heavy (non-hydrogen) atoms. The van der Waals surface area contributed by atoms with Gasteiger partial charge in [-0.1, -0.05) is 5.16 Å². The highest BCUT2D eigenvalue weighted by atomic mass is 32.2. The number of sulfone groups is 1. The van der Waals surface area contributed by atoms with Gasteiger partial charge in [-0.2, -0.15) is 0 Å². The van der Waals surface area contributed by atoms with Crippen LogP contribution in [-0.2, 0) is 16.4 Å². The van der Waals surface area contributed by atoms with E-state index in [2.05, 4.69) is 5.16 Å². The minimum absolute atomic E-state index is 0.291. The van der Waals surface area contributed by atoms with Crippen LogP contribution in [0.1, 0.15) is 11.5 Å². The molecule has 1 N–H and O–H groups in total. The highest BCUT2D eigenvalue weighted by molar-refractivity contribution is 7.91. The van der Waals surface area contributed by atoms with Crippen LogP contribution in [0.2, 0.25) is 0 Å². The van der Waals surface area contributed by atoms with Crippen LogP contribution in [-0.4, -0.2) is 38.2 Å². The fourth-order valence-electron chi connectivity index (χ4n) is 1.76. The standard InChI is InChI=1S/C9H14N2O3S/c1-8-6-9(10-14-8)7-11-2-4-15(12,13)5-3-11/h6H,2-5,7H2,1H3/p+1. The Balaban J connectivity index is 1.92. The van der Waals surface area contributed by atoms with Gasteiger partial charge in [0.05, 0.1) is 24.6 Å². The summed E-state index contributed by atoms with van der Waals surface area (Å²) in [6.45, 7) is 3.96.